The molecule has 1 aromatic carbocycles. The largest absolute Gasteiger partial charge is 0.357 e. The summed E-state index contributed by atoms with van der Waals surface area (Å²) >= 11 is 0. The van der Waals surface area contributed by atoms with E-state index in [2.05, 4.69) is 5.32 Å². The number of likely N-dealkylation sites (N-methyl/N-ethyl adjacent to an activating group) is 1. The summed E-state index contributed by atoms with van der Waals surface area (Å²) < 4.78 is 0. The molecule has 1 aliphatic rings. The first-order chi connectivity index (χ1) is 9.20. The Labute approximate surface area is 116 Å². The second kappa shape index (κ2) is 11.3. The van der Waals surface area contributed by atoms with Crippen molar-refractivity contribution in [3.63, 3.8) is 0 Å². The standard InChI is InChI=1S/C10H12N2O.2C2H6.CH2O/c1-7(13)10-11-8-5-3-4-6-9(8)12(10)2;3*1-2/h3-6,10-11H,1-2H3;2*1-2H3;1H2. The molecule has 1 atom stereocenters. The summed E-state index contributed by atoms with van der Waals surface area (Å²) in [5.74, 6) is 0.138. The lowest BCUT2D eigenvalue weighted by molar-refractivity contribution is -0.117. The maximum Gasteiger partial charge on any atom is 0.172 e. The molecule has 0 aromatic heterocycles. The lowest BCUT2D eigenvalue weighted by atomic mass is 10.3. The predicted molar refractivity (Wildman–Crippen MR) is 82.8 cm³/mol. The van der Waals surface area contributed by atoms with Gasteiger partial charge in [0, 0.05) is 7.05 Å². The summed E-state index contributed by atoms with van der Waals surface area (Å²) in [6.07, 6.45) is -0.197. The average molecular weight is 266 g/mol. The Balaban J connectivity index is 0. The predicted octanol–water partition coefficient (Wildman–Crippen LogP) is 3.33. The number of anilines is 2. The van der Waals surface area contributed by atoms with Crippen LogP contribution < -0.4 is 10.2 Å². The summed E-state index contributed by atoms with van der Waals surface area (Å²) in [5, 5.41) is 3.16. The third-order valence-electron chi connectivity index (χ3n) is 2.35. The Morgan fingerprint density at radius 2 is 1.63 bits per heavy atom. The molecule has 4 nitrogen and oxygen atoms in total. The number of carbonyl (C=O) groups is 2. The van der Waals surface area contributed by atoms with Crippen molar-refractivity contribution in [2.24, 2.45) is 0 Å². The molecule has 0 radical (unpaired) electrons. The number of rotatable bonds is 1. The molecule has 1 aromatic rings. The number of hydrogen-bond donors (Lipinski definition) is 1. The highest BCUT2D eigenvalue weighted by atomic mass is 16.1. The summed E-state index contributed by atoms with van der Waals surface area (Å²) in [7, 11) is 1.92. The van der Waals surface area contributed by atoms with Crippen molar-refractivity contribution in [2.75, 3.05) is 17.3 Å². The van der Waals surface area contributed by atoms with Crippen LogP contribution in [0.25, 0.3) is 0 Å². The number of Topliss-reactive ketones (excluding diaryl/α,β-unsaturated/α-hetero) is 1. The molecule has 2 rings (SSSR count). The molecule has 1 unspecified atom stereocenters. The van der Waals surface area contributed by atoms with Gasteiger partial charge in [-0.1, -0.05) is 39.8 Å². The van der Waals surface area contributed by atoms with Crippen LogP contribution >= 0.6 is 0 Å². The fraction of sp³-hybridized carbons (Fsp3) is 0.467. The second-order valence-corrected chi connectivity index (χ2v) is 3.29. The minimum atomic E-state index is -0.197. The van der Waals surface area contributed by atoms with E-state index < -0.39 is 0 Å². The smallest absolute Gasteiger partial charge is 0.172 e. The Morgan fingerprint density at radius 3 is 2.05 bits per heavy atom. The second-order valence-electron chi connectivity index (χ2n) is 3.29. The highest BCUT2D eigenvalue weighted by Crippen LogP contribution is 2.32. The molecule has 0 spiro atoms. The van der Waals surface area contributed by atoms with Crippen LogP contribution in [0.15, 0.2) is 24.3 Å². The average Bonchev–Trinajstić information content (AvgIpc) is 2.83. The van der Waals surface area contributed by atoms with Gasteiger partial charge in [-0.15, -0.1) is 0 Å². The van der Waals surface area contributed by atoms with Gasteiger partial charge in [-0.05, 0) is 19.1 Å². The first kappa shape index (κ1) is 19.5. The van der Waals surface area contributed by atoms with Crippen molar-refractivity contribution < 1.29 is 9.59 Å². The van der Waals surface area contributed by atoms with Crippen LogP contribution in [0.1, 0.15) is 34.6 Å². The molecule has 1 N–H and O–H groups in total. The Kier molecular flexibility index (Phi) is 11.6. The van der Waals surface area contributed by atoms with Crippen molar-refractivity contribution in [1.82, 2.24) is 0 Å². The van der Waals surface area contributed by atoms with Crippen molar-refractivity contribution in [3.05, 3.63) is 24.3 Å². The molecule has 108 valence electrons. The van der Waals surface area contributed by atoms with Gasteiger partial charge in [0.15, 0.2) is 11.9 Å². The van der Waals surface area contributed by atoms with Gasteiger partial charge in [0.2, 0.25) is 0 Å². The Bertz CT molecular complexity index is 367. The number of fused-ring (bicyclic) bond motifs is 1. The third kappa shape index (κ3) is 5.12. The molecule has 0 saturated carbocycles. The van der Waals surface area contributed by atoms with Crippen molar-refractivity contribution in [3.8, 4) is 0 Å². The van der Waals surface area contributed by atoms with Crippen LogP contribution in [-0.2, 0) is 9.59 Å². The molecule has 19 heavy (non-hydrogen) atoms. The van der Waals surface area contributed by atoms with E-state index in [1.165, 1.54) is 0 Å². The SMILES string of the molecule is C=O.CC.CC.CC(=O)C1Nc2ccccc2N1C. The monoisotopic (exact) mass is 266 g/mol. The molecule has 0 fully saturated rings. The van der Waals surface area contributed by atoms with Crippen molar-refractivity contribution >= 4 is 23.9 Å². The van der Waals surface area contributed by atoms with Gasteiger partial charge in [-0.25, -0.2) is 0 Å². The third-order valence-corrected chi connectivity index (χ3v) is 2.35. The molecule has 1 aliphatic heterocycles. The van der Waals surface area contributed by atoms with Crippen LogP contribution in [0.2, 0.25) is 0 Å². The molecule has 0 saturated heterocycles. The van der Waals surface area contributed by atoms with E-state index in [1.807, 2.05) is 70.7 Å². The lowest BCUT2D eigenvalue weighted by Gasteiger charge is -2.18. The van der Waals surface area contributed by atoms with Gasteiger partial charge in [-0.2, -0.15) is 0 Å². The Hall–Kier alpha value is -1.84. The fourth-order valence-electron chi connectivity index (χ4n) is 1.66. The quantitative estimate of drug-likeness (QED) is 0.847. The number of nitrogens with one attached hydrogen (secondary N) is 1. The number of nitrogens with zero attached hydrogens (tertiary/aromatic N) is 1. The number of benzene rings is 1. The minimum absolute atomic E-state index is 0.138. The van der Waals surface area contributed by atoms with Crippen molar-refractivity contribution in [2.45, 2.75) is 40.8 Å². The van der Waals surface area contributed by atoms with E-state index in [4.69, 9.17) is 4.79 Å². The molecule has 1 heterocycles. The number of hydrogen-bond acceptors (Lipinski definition) is 4. The molecule has 0 bridgehead atoms. The molecular weight excluding hydrogens is 240 g/mol. The van der Waals surface area contributed by atoms with Crippen LogP contribution in [0.3, 0.4) is 0 Å². The zero-order valence-electron chi connectivity index (χ0n) is 12.9. The molecular formula is C15H26N2O2. The molecule has 0 aliphatic carbocycles. The van der Waals surface area contributed by atoms with Gasteiger partial charge in [0.1, 0.15) is 6.79 Å². The zero-order chi connectivity index (χ0) is 15.4. The van der Waals surface area contributed by atoms with Crippen LogP contribution in [0, 0.1) is 0 Å². The maximum absolute atomic E-state index is 11.2. The van der Waals surface area contributed by atoms with Gasteiger partial charge in [-0.3, -0.25) is 4.79 Å². The van der Waals surface area contributed by atoms with Gasteiger partial charge in [0.25, 0.3) is 0 Å². The van der Waals surface area contributed by atoms with E-state index in [1.54, 1.807) is 6.92 Å². The summed E-state index contributed by atoms with van der Waals surface area (Å²) in [6, 6.07) is 7.92. The maximum atomic E-state index is 11.2. The minimum Gasteiger partial charge on any atom is -0.357 e. The number of ketones is 1. The molecule has 4 heteroatoms. The zero-order valence-corrected chi connectivity index (χ0v) is 12.9. The van der Waals surface area contributed by atoms with Gasteiger partial charge >= 0.3 is 0 Å². The van der Waals surface area contributed by atoms with E-state index in [9.17, 15) is 4.79 Å². The van der Waals surface area contributed by atoms with E-state index in [0.717, 1.165) is 11.4 Å². The summed E-state index contributed by atoms with van der Waals surface area (Å²) in [6.45, 7) is 11.6. The topological polar surface area (TPSA) is 49.4 Å². The highest BCUT2D eigenvalue weighted by molar-refractivity contribution is 5.93. The summed E-state index contributed by atoms with van der Waals surface area (Å²) in [4.78, 5) is 21.2. The van der Waals surface area contributed by atoms with Crippen LogP contribution in [0.4, 0.5) is 11.4 Å². The van der Waals surface area contributed by atoms with Crippen LogP contribution in [0.5, 0.6) is 0 Å². The molecule has 0 amide bonds. The Morgan fingerprint density at radius 1 is 1.16 bits per heavy atom. The first-order valence-electron chi connectivity index (χ1n) is 6.58. The van der Waals surface area contributed by atoms with Crippen LogP contribution in [-0.4, -0.2) is 25.8 Å². The lowest BCUT2D eigenvalue weighted by Crippen LogP contribution is -2.38. The first-order valence-corrected chi connectivity index (χ1v) is 6.58. The van der Waals surface area contributed by atoms with Gasteiger partial charge < -0.3 is 15.0 Å². The van der Waals surface area contributed by atoms with E-state index >= 15 is 0 Å². The summed E-state index contributed by atoms with van der Waals surface area (Å²) in [5.41, 5.74) is 2.12. The highest BCUT2D eigenvalue weighted by Gasteiger charge is 2.27. The number of carbonyl (C=O) groups excluding carboxylic acids is 2. The van der Waals surface area contributed by atoms with E-state index in [0.29, 0.717) is 0 Å². The normalized spacial score (nSPS) is 14.2. The van der Waals surface area contributed by atoms with E-state index in [-0.39, 0.29) is 11.9 Å². The fourth-order valence-corrected chi connectivity index (χ4v) is 1.66. The number of para-hydroxylation sites is 2. The van der Waals surface area contributed by atoms with Crippen molar-refractivity contribution in [1.29, 1.82) is 0 Å². The van der Waals surface area contributed by atoms with Gasteiger partial charge in [0.05, 0.1) is 11.4 Å².